The van der Waals surface area contributed by atoms with Crippen molar-refractivity contribution in [2.45, 2.75) is 13.5 Å². The maximum atomic E-state index is 12.0. The van der Waals surface area contributed by atoms with Gasteiger partial charge in [-0.3, -0.25) is 9.59 Å². The molecule has 0 saturated carbocycles. The summed E-state index contributed by atoms with van der Waals surface area (Å²) in [6, 6.07) is 10.2. The molecule has 0 atom stereocenters. The van der Waals surface area contributed by atoms with Crippen molar-refractivity contribution in [1.82, 2.24) is 5.32 Å². The highest BCUT2D eigenvalue weighted by atomic mass is 35.5. The van der Waals surface area contributed by atoms with Crippen LogP contribution >= 0.6 is 23.2 Å². The molecule has 0 bridgehead atoms. The maximum Gasteiger partial charge on any atom is 0.308 e. The lowest BCUT2D eigenvalue weighted by atomic mass is 10.2. The summed E-state index contributed by atoms with van der Waals surface area (Å²) in [5.74, 6) is -0.00972. The van der Waals surface area contributed by atoms with Gasteiger partial charge in [-0.25, -0.2) is 0 Å². The third-order valence-electron chi connectivity index (χ3n) is 3.32. The van der Waals surface area contributed by atoms with E-state index in [0.717, 1.165) is 5.56 Å². The van der Waals surface area contributed by atoms with Gasteiger partial charge in [-0.15, -0.1) is 0 Å². The number of amides is 1. The van der Waals surface area contributed by atoms with E-state index in [0.29, 0.717) is 33.7 Å². The summed E-state index contributed by atoms with van der Waals surface area (Å²) in [5.41, 5.74) is 1.52. The minimum atomic E-state index is -0.455. The van der Waals surface area contributed by atoms with E-state index >= 15 is 0 Å². The summed E-state index contributed by atoms with van der Waals surface area (Å²) in [7, 11) is 1.48. The second kappa shape index (κ2) is 9.27. The van der Waals surface area contributed by atoms with Crippen LogP contribution in [0.1, 0.15) is 18.1 Å². The first-order valence-electron chi connectivity index (χ1n) is 7.65. The molecule has 0 unspecified atom stereocenters. The Bertz CT molecular complexity index is 849. The van der Waals surface area contributed by atoms with E-state index in [-0.39, 0.29) is 5.91 Å². The fourth-order valence-electron chi connectivity index (χ4n) is 2.10. The van der Waals surface area contributed by atoms with Crippen molar-refractivity contribution >= 4 is 41.2 Å². The minimum absolute atomic E-state index is 0.277. The summed E-state index contributed by atoms with van der Waals surface area (Å²) in [4.78, 5) is 23.1. The van der Waals surface area contributed by atoms with Crippen molar-refractivity contribution in [3.05, 3.63) is 63.6 Å². The molecule has 2 rings (SSSR count). The monoisotopic (exact) mass is 393 g/mol. The smallest absolute Gasteiger partial charge is 0.308 e. The maximum absolute atomic E-state index is 12.0. The molecule has 2 aromatic rings. The Kier molecular flexibility index (Phi) is 7.06. The number of nitrogens with one attached hydrogen (secondary N) is 1. The van der Waals surface area contributed by atoms with Gasteiger partial charge in [-0.1, -0.05) is 35.3 Å². The van der Waals surface area contributed by atoms with Crippen molar-refractivity contribution in [2.75, 3.05) is 7.11 Å². The molecule has 2 aromatic carbocycles. The van der Waals surface area contributed by atoms with Crippen LogP contribution in [0.5, 0.6) is 11.5 Å². The van der Waals surface area contributed by atoms with Crippen LogP contribution in [-0.4, -0.2) is 19.0 Å². The third-order valence-corrected chi connectivity index (χ3v) is 4.06. The average molecular weight is 394 g/mol. The van der Waals surface area contributed by atoms with Gasteiger partial charge in [0.05, 0.1) is 17.2 Å². The second-order valence-electron chi connectivity index (χ2n) is 5.30. The van der Waals surface area contributed by atoms with Crippen molar-refractivity contribution < 1.29 is 19.1 Å². The van der Waals surface area contributed by atoms with Crippen LogP contribution < -0.4 is 14.8 Å². The molecule has 0 spiro atoms. The molecule has 136 valence electrons. The fraction of sp³-hybridized carbons (Fsp3) is 0.158. The van der Waals surface area contributed by atoms with Gasteiger partial charge in [0.25, 0.3) is 0 Å². The fourth-order valence-corrected chi connectivity index (χ4v) is 2.42. The van der Waals surface area contributed by atoms with E-state index in [1.807, 2.05) is 0 Å². The van der Waals surface area contributed by atoms with Crippen molar-refractivity contribution in [1.29, 1.82) is 0 Å². The van der Waals surface area contributed by atoms with Gasteiger partial charge in [0.1, 0.15) is 0 Å². The quantitative estimate of drug-likeness (QED) is 0.452. The zero-order chi connectivity index (χ0) is 19.1. The van der Waals surface area contributed by atoms with E-state index in [1.54, 1.807) is 42.5 Å². The van der Waals surface area contributed by atoms with Gasteiger partial charge in [-0.2, -0.15) is 0 Å². The summed E-state index contributed by atoms with van der Waals surface area (Å²) >= 11 is 11.8. The number of methoxy groups -OCH3 is 1. The normalized spacial score (nSPS) is 10.6. The van der Waals surface area contributed by atoms with Crippen LogP contribution in [0.3, 0.4) is 0 Å². The Balaban J connectivity index is 2.00. The van der Waals surface area contributed by atoms with Gasteiger partial charge < -0.3 is 14.8 Å². The Morgan fingerprint density at radius 2 is 1.85 bits per heavy atom. The molecular formula is C19H17Cl2NO4. The Morgan fingerprint density at radius 3 is 2.50 bits per heavy atom. The highest BCUT2D eigenvalue weighted by Gasteiger charge is 2.07. The molecular weight excluding hydrogens is 377 g/mol. The predicted molar refractivity (Wildman–Crippen MR) is 102 cm³/mol. The highest BCUT2D eigenvalue weighted by Crippen LogP contribution is 2.28. The van der Waals surface area contributed by atoms with Crippen LogP contribution in [0.2, 0.25) is 10.0 Å². The van der Waals surface area contributed by atoms with Gasteiger partial charge in [-0.05, 0) is 41.5 Å². The first-order valence-corrected chi connectivity index (χ1v) is 8.41. The lowest BCUT2D eigenvalue weighted by molar-refractivity contribution is -0.132. The van der Waals surface area contributed by atoms with E-state index in [2.05, 4.69) is 5.32 Å². The van der Waals surface area contributed by atoms with E-state index < -0.39 is 5.97 Å². The number of hydrogen-bond donors (Lipinski definition) is 1. The number of benzene rings is 2. The first kappa shape index (κ1) is 19.8. The standard InChI is InChI=1S/C19H17Cl2NO4/c1-12(23)26-18-10-13(4-7-17(18)25-2)5-8-19(24)22-11-14-3-6-15(20)16(21)9-14/h3-10H,11H2,1-2H3,(H,22,24)/b8-5+. The number of halogens is 2. The molecule has 0 aliphatic heterocycles. The minimum Gasteiger partial charge on any atom is -0.493 e. The molecule has 1 amide bonds. The number of rotatable bonds is 6. The van der Waals surface area contributed by atoms with E-state index in [1.165, 1.54) is 20.1 Å². The largest absolute Gasteiger partial charge is 0.493 e. The van der Waals surface area contributed by atoms with Gasteiger partial charge >= 0.3 is 5.97 Å². The van der Waals surface area contributed by atoms with Crippen LogP contribution in [0.15, 0.2) is 42.5 Å². The molecule has 26 heavy (non-hydrogen) atoms. The third kappa shape index (κ3) is 5.79. The lowest BCUT2D eigenvalue weighted by Gasteiger charge is -2.08. The summed E-state index contributed by atoms with van der Waals surface area (Å²) in [5, 5.41) is 3.65. The molecule has 0 aliphatic rings. The zero-order valence-electron chi connectivity index (χ0n) is 14.2. The first-order chi connectivity index (χ1) is 12.4. The molecule has 5 nitrogen and oxygen atoms in total. The van der Waals surface area contributed by atoms with Crippen LogP contribution in [0.25, 0.3) is 6.08 Å². The lowest BCUT2D eigenvalue weighted by Crippen LogP contribution is -2.20. The van der Waals surface area contributed by atoms with Crippen molar-refractivity contribution in [3.63, 3.8) is 0 Å². The van der Waals surface area contributed by atoms with E-state index in [9.17, 15) is 9.59 Å². The molecule has 1 N–H and O–H groups in total. The number of carbonyl (C=O) groups is 2. The molecule has 0 aliphatic carbocycles. The van der Waals surface area contributed by atoms with Crippen molar-refractivity contribution in [2.24, 2.45) is 0 Å². The number of esters is 1. The van der Waals surface area contributed by atoms with Gasteiger partial charge in [0.2, 0.25) is 5.91 Å². The van der Waals surface area contributed by atoms with Crippen LogP contribution in [0.4, 0.5) is 0 Å². The second-order valence-corrected chi connectivity index (χ2v) is 6.12. The Labute approximate surface area is 161 Å². The topological polar surface area (TPSA) is 64.6 Å². The van der Waals surface area contributed by atoms with Crippen molar-refractivity contribution in [3.8, 4) is 11.5 Å². The molecule has 0 radical (unpaired) electrons. The summed E-state index contributed by atoms with van der Waals surface area (Å²) in [6.45, 7) is 1.62. The van der Waals surface area contributed by atoms with Gasteiger partial charge in [0, 0.05) is 19.5 Å². The Morgan fingerprint density at radius 1 is 1.08 bits per heavy atom. The molecule has 0 fully saturated rings. The molecule has 0 aromatic heterocycles. The predicted octanol–water partition coefficient (Wildman–Crippen LogP) is 4.26. The average Bonchev–Trinajstić information content (AvgIpc) is 2.60. The summed E-state index contributed by atoms with van der Waals surface area (Å²) in [6.07, 6.45) is 2.99. The number of carbonyl (C=O) groups excluding carboxylic acids is 2. The number of hydrogen-bond acceptors (Lipinski definition) is 4. The van der Waals surface area contributed by atoms with Crippen LogP contribution in [-0.2, 0) is 16.1 Å². The number of ether oxygens (including phenoxy) is 2. The van der Waals surface area contributed by atoms with E-state index in [4.69, 9.17) is 32.7 Å². The SMILES string of the molecule is COc1ccc(/C=C/C(=O)NCc2ccc(Cl)c(Cl)c2)cc1OC(C)=O. The van der Waals surface area contributed by atoms with Gasteiger partial charge in [0.15, 0.2) is 11.5 Å². The van der Waals surface area contributed by atoms with Crippen LogP contribution in [0, 0.1) is 0 Å². The summed E-state index contributed by atoms with van der Waals surface area (Å²) < 4.78 is 10.2. The molecule has 0 saturated heterocycles. The molecule has 7 heteroatoms. The Hall–Kier alpha value is -2.50. The zero-order valence-corrected chi connectivity index (χ0v) is 15.7. The molecule has 0 heterocycles. The highest BCUT2D eigenvalue weighted by molar-refractivity contribution is 6.42.